The normalized spacial score (nSPS) is 11.8. The fraction of sp³-hybridized carbons (Fsp3) is 0.208. The van der Waals surface area contributed by atoms with Crippen molar-refractivity contribution in [2.45, 2.75) is 19.9 Å². The first-order chi connectivity index (χ1) is 14.9. The highest BCUT2D eigenvalue weighted by molar-refractivity contribution is 5.88. The molecule has 7 nitrogen and oxygen atoms in total. The first kappa shape index (κ1) is 21.7. The van der Waals surface area contributed by atoms with Crippen molar-refractivity contribution in [3.8, 4) is 23.4 Å². The number of aliphatic imine (C=N–C) groups is 1. The fourth-order valence-corrected chi connectivity index (χ4v) is 3.37. The smallest absolute Gasteiger partial charge is 0.272 e. The first-order valence-corrected chi connectivity index (χ1v) is 9.62. The average Bonchev–Trinajstić information content (AvgIpc) is 2.79. The number of aromatic hydroxyl groups is 1. The predicted octanol–water partition coefficient (Wildman–Crippen LogP) is 4.11. The summed E-state index contributed by atoms with van der Waals surface area (Å²) in [5.74, 6) is 0.846. The summed E-state index contributed by atoms with van der Waals surface area (Å²) in [6, 6.07) is 15.9. The van der Waals surface area contributed by atoms with E-state index in [1.54, 1.807) is 39.2 Å². The van der Waals surface area contributed by atoms with Crippen molar-refractivity contribution in [1.29, 1.82) is 5.26 Å². The highest BCUT2D eigenvalue weighted by Crippen LogP contribution is 2.32. The summed E-state index contributed by atoms with van der Waals surface area (Å²) in [6.45, 7) is 3.40. The molecule has 1 unspecified atom stereocenters. The quantitative estimate of drug-likeness (QED) is 0.609. The Morgan fingerprint density at radius 2 is 1.87 bits per heavy atom. The van der Waals surface area contributed by atoms with Gasteiger partial charge in [0.1, 0.15) is 28.8 Å². The van der Waals surface area contributed by atoms with Crippen LogP contribution in [0.15, 0.2) is 58.3 Å². The van der Waals surface area contributed by atoms with E-state index in [9.17, 15) is 15.2 Å². The van der Waals surface area contributed by atoms with Crippen molar-refractivity contribution in [3.63, 3.8) is 0 Å². The molecule has 0 fully saturated rings. The molecule has 0 aliphatic rings. The molecule has 0 aliphatic carbocycles. The van der Waals surface area contributed by atoms with Crippen LogP contribution in [0.3, 0.4) is 0 Å². The minimum atomic E-state index is -0.551. The van der Waals surface area contributed by atoms with E-state index in [1.165, 1.54) is 17.9 Å². The lowest BCUT2D eigenvalue weighted by Gasteiger charge is -2.20. The molecule has 0 bridgehead atoms. The van der Waals surface area contributed by atoms with Gasteiger partial charge in [0.05, 0.1) is 25.8 Å². The zero-order valence-corrected chi connectivity index (χ0v) is 17.8. The van der Waals surface area contributed by atoms with E-state index < -0.39 is 11.6 Å². The molecule has 0 spiro atoms. The van der Waals surface area contributed by atoms with E-state index in [2.05, 4.69) is 4.99 Å². The molecule has 3 rings (SSSR count). The summed E-state index contributed by atoms with van der Waals surface area (Å²) < 4.78 is 11.8. The first-order valence-electron chi connectivity index (χ1n) is 9.62. The minimum absolute atomic E-state index is 0.0420. The maximum Gasteiger partial charge on any atom is 0.272 e. The van der Waals surface area contributed by atoms with Gasteiger partial charge in [-0.2, -0.15) is 5.26 Å². The van der Waals surface area contributed by atoms with Gasteiger partial charge in [0.15, 0.2) is 0 Å². The molecule has 31 heavy (non-hydrogen) atoms. The number of hydrogen-bond donors (Lipinski definition) is 1. The fourth-order valence-electron chi connectivity index (χ4n) is 3.37. The molecule has 0 aliphatic heterocycles. The van der Waals surface area contributed by atoms with Crippen molar-refractivity contribution >= 4 is 11.9 Å². The van der Waals surface area contributed by atoms with Gasteiger partial charge >= 0.3 is 0 Å². The molecule has 3 aromatic rings. The second-order valence-electron chi connectivity index (χ2n) is 6.91. The zero-order chi connectivity index (χ0) is 22.5. The van der Waals surface area contributed by atoms with Gasteiger partial charge in [-0.25, -0.2) is 0 Å². The van der Waals surface area contributed by atoms with Crippen LogP contribution >= 0.6 is 0 Å². The molecule has 7 heteroatoms. The molecule has 1 N–H and O–H groups in total. The molecule has 0 saturated carbocycles. The molecule has 1 aromatic heterocycles. The minimum Gasteiger partial charge on any atom is -0.497 e. The summed E-state index contributed by atoms with van der Waals surface area (Å²) in [6.07, 6.45) is 1.43. The molecule has 1 heterocycles. The van der Waals surface area contributed by atoms with Gasteiger partial charge < -0.3 is 14.6 Å². The zero-order valence-electron chi connectivity index (χ0n) is 17.8. The summed E-state index contributed by atoms with van der Waals surface area (Å²) in [5, 5.41) is 20.6. The van der Waals surface area contributed by atoms with Crippen LogP contribution in [0.4, 0.5) is 5.69 Å². The van der Waals surface area contributed by atoms with Crippen LogP contribution < -0.4 is 15.0 Å². The maximum atomic E-state index is 13.0. The van der Waals surface area contributed by atoms with Crippen molar-refractivity contribution in [1.82, 2.24) is 4.57 Å². The second kappa shape index (κ2) is 9.18. The maximum absolute atomic E-state index is 13.0. The Balaban J connectivity index is 2.19. The average molecular weight is 417 g/mol. The Morgan fingerprint density at radius 1 is 1.16 bits per heavy atom. The van der Waals surface area contributed by atoms with E-state index in [-0.39, 0.29) is 17.0 Å². The third kappa shape index (κ3) is 4.14. The third-order valence-corrected chi connectivity index (χ3v) is 5.18. The highest BCUT2D eigenvalue weighted by atomic mass is 16.5. The molecule has 0 radical (unpaired) electrons. The molecule has 0 saturated heterocycles. The Morgan fingerprint density at radius 3 is 2.48 bits per heavy atom. The van der Waals surface area contributed by atoms with E-state index >= 15 is 0 Å². The Labute approximate surface area is 180 Å². The van der Waals surface area contributed by atoms with Gasteiger partial charge in [-0.3, -0.25) is 14.4 Å². The molecule has 0 amide bonds. The van der Waals surface area contributed by atoms with Crippen molar-refractivity contribution < 1.29 is 14.6 Å². The Hall–Kier alpha value is -4.05. The van der Waals surface area contributed by atoms with Crippen LogP contribution in [0.2, 0.25) is 0 Å². The van der Waals surface area contributed by atoms with Gasteiger partial charge in [-0.1, -0.05) is 30.3 Å². The van der Waals surface area contributed by atoms with E-state index in [0.29, 0.717) is 22.7 Å². The number of methoxy groups -OCH3 is 2. The lowest BCUT2D eigenvalue weighted by atomic mass is 10.0. The number of hydrogen-bond acceptors (Lipinski definition) is 6. The lowest BCUT2D eigenvalue weighted by molar-refractivity contribution is 0.393. The van der Waals surface area contributed by atoms with E-state index in [0.717, 1.165) is 5.56 Å². The van der Waals surface area contributed by atoms with Crippen LogP contribution in [0.25, 0.3) is 0 Å². The van der Waals surface area contributed by atoms with Crippen LogP contribution in [-0.2, 0) is 0 Å². The third-order valence-electron chi connectivity index (χ3n) is 5.18. The molecule has 158 valence electrons. The molecular formula is C24H23N3O4. The summed E-state index contributed by atoms with van der Waals surface area (Å²) >= 11 is 0. The Bertz CT molecular complexity index is 1220. The second-order valence-corrected chi connectivity index (χ2v) is 6.91. The summed E-state index contributed by atoms with van der Waals surface area (Å²) in [5.41, 5.74) is 1.35. The van der Waals surface area contributed by atoms with Crippen molar-refractivity contribution in [2.24, 2.45) is 4.99 Å². The number of ether oxygens (including phenoxy) is 2. The number of pyridine rings is 1. The number of rotatable bonds is 6. The van der Waals surface area contributed by atoms with Gasteiger partial charge in [0, 0.05) is 12.3 Å². The predicted molar refractivity (Wildman–Crippen MR) is 119 cm³/mol. The number of benzene rings is 2. The standard InChI is InChI=1S/C24H23N3O4/c1-15-19(13-25)23(28)27(16(2)17-8-6-5-7-9-17)24(29)20(15)14-26-21-12-18(30-3)10-11-22(21)31-4/h5-12,14,16,29H,1-4H3. The number of nitriles is 1. The molecule has 1 atom stereocenters. The van der Waals surface area contributed by atoms with Crippen LogP contribution in [-0.4, -0.2) is 30.1 Å². The van der Waals surface area contributed by atoms with Crippen LogP contribution in [0.5, 0.6) is 17.4 Å². The Kier molecular flexibility index (Phi) is 6.41. The van der Waals surface area contributed by atoms with Gasteiger partial charge in [-0.05, 0) is 37.1 Å². The van der Waals surface area contributed by atoms with Gasteiger partial charge in [0.25, 0.3) is 5.56 Å². The van der Waals surface area contributed by atoms with Crippen LogP contribution in [0, 0.1) is 18.3 Å². The molecule has 2 aromatic carbocycles. The van der Waals surface area contributed by atoms with Crippen LogP contribution in [0.1, 0.15) is 35.2 Å². The highest BCUT2D eigenvalue weighted by Gasteiger charge is 2.22. The topological polar surface area (TPSA) is 96.8 Å². The monoisotopic (exact) mass is 417 g/mol. The number of aromatic nitrogens is 1. The molecular weight excluding hydrogens is 394 g/mol. The SMILES string of the molecule is COc1ccc(OC)c(N=Cc2c(C)c(C#N)c(=O)n(C(C)c3ccccc3)c2O)c1. The van der Waals surface area contributed by atoms with E-state index in [1.807, 2.05) is 36.4 Å². The van der Waals surface area contributed by atoms with E-state index in [4.69, 9.17) is 9.47 Å². The summed E-state index contributed by atoms with van der Waals surface area (Å²) in [4.78, 5) is 17.4. The largest absolute Gasteiger partial charge is 0.497 e. The van der Waals surface area contributed by atoms with Crippen molar-refractivity contribution in [3.05, 3.63) is 81.1 Å². The van der Waals surface area contributed by atoms with Gasteiger partial charge in [-0.15, -0.1) is 0 Å². The van der Waals surface area contributed by atoms with Crippen molar-refractivity contribution in [2.75, 3.05) is 14.2 Å². The number of nitrogens with zero attached hydrogens (tertiary/aromatic N) is 3. The van der Waals surface area contributed by atoms with Gasteiger partial charge in [0.2, 0.25) is 5.88 Å². The summed E-state index contributed by atoms with van der Waals surface area (Å²) in [7, 11) is 3.07. The lowest BCUT2D eigenvalue weighted by Crippen LogP contribution is -2.28.